The maximum Gasteiger partial charge on any atom is 0.255 e. The average Bonchev–Trinajstić information content (AvgIpc) is 2.78. The Morgan fingerprint density at radius 2 is 1.58 bits per heavy atom. The minimum absolute atomic E-state index is 0.0250. The van der Waals surface area contributed by atoms with Crippen molar-refractivity contribution in [3.63, 3.8) is 0 Å². The third kappa shape index (κ3) is 5.97. The van der Waals surface area contributed by atoms with Gasteiger partial charge in [-0.2, -0.15) is 0 Å². The summed E-state index contributed by atoms with van der Waals surface area (Å²) in [7, 11) is 0. The molecule has 0 radical (unpaired) electrons. The van der Waals surface area contributed by atoms with Crippen LogP contribution in [0, 0.1) is 5.41 Å². The molecule has 1 heterocycles. The Balaban J connectivity index is 1.75. The van der Waals surface area contributed by atoms with Gasteiger partial charge in [-0.15, -0.1) is 0 Å². The third-order valence-corrected chi connectivity index (χ3v) is 5.65. The van der Waals surface area contributed by atoms with Crippen LogP contribution >= 0.6 is 0 Å². The van der Waals surface area contributed by atoms with E-state index in [0.717, 1.165) is 5.56 Å². The number of anilines is 1. The lowest BCUT2D eigenvalue weighted by Gasteiger charge is -2.40. The number of ether oxygens (including phenoxy) is 5. The lowest BCUT2D eigenvalue weighted by Crippen LogP contribution is -2.40. The molecule has 1 amide bonds. The molecule has 1 N–H and O–H groups in total. The second-order valence-electron chi connectivity index (χ2n) is 8.59. The molecule has 7 heteroatoms. The van der Waals surface area contributed by atoms with Gasteiger partial charge in [0, 0.05) is 22.2 Å². The number of benzene rings is 2. The highest BCUT2D eigenvalue weighted by Crippen LogP contribution is 2.39. The van der Waals surface area contributed by atoms with Crippen LogP contribution in [0.1, 0.15) is 63.8 Å². The number of carbonyl (C=O) groups excluding carboxylic acids is 1. The molecular formula is C26H35NO6. The third-order valence-electron chi connectivity index (χ3n) is 5.65. The molecule has 2 aromatic rings. The highest BCUT2D eigenvalue weighted by molar-refractivity contribution is 6.05. The maximum absolute atomic E-state index is 13.0. The summed E-state index contributed by atoms with van der Waals surface area (Å²) in [6.07, 6.45) is -0.333. The molecule has 0 bridgehead atoms. The molecule has 2 aromatic carbocycles. The van der Waals surface area contributed by atoms with Gasteiger partial charge in [0.05, 0.1) is 32.5 Å². The Morgan fingerprint density at radius 3 is 2.09 bits per heavy atom. The fraction of sp³-hybridized carbons (Fsp3) is 0.500. The monoisotopic (exact) mass is 457 g/mol. The molecule has 1 aliphatic rings. The molecule has 3 rings (SSSR count). The quantitative estimate of drug-likeness (QED) is 0.529. The predicted molar refractivity (Wildman–Crippen MR) is 127 cm³/mol. The molecule has 2 atom stereocenters. The van der Waals surface area contributed by atoms with E-state index in [1.807, 2.05) is 45.0 Å². The van der Waals surface area contributed by atoms with Crippen molar-refractivity contribution in [3.05, 3.63) is 47.5 Å². The Labute approximate surface area is 196 Å². The van der Waals surface area contributed by atoms with Gasteiger partial charge < -0.3 is 29.0 Å². The number of hydrogen-bond donors (Lipinski definition) is 1. The van der Waals surface area contributed by atoms with E-state index in [1.54, 1.807) is 12.1 Å². The van der Waals surface area contributed by atoms with E-state index >= 15 is 0 Å². The van der Waals surface area contributed by atoms with Crippen molar-refractivity contribution in [2.24, 2.45) is 5.41 Å². The maximum atomic E-state index is 13.0. The van der Waals surface area contributed by atoms with E-state index < -0.39 is 6.29 Å². The topological polar surface area (TPSA) is 75.3 Å². The number of rotatable bonds is 9. The molecule has 0 saturated carbocycles. The molecular weight excluding hydrogens is 422 g/mol. The first kappa shape index (κ1) is 24.9. The molecule has 1 saturated heterocycles. The van der Waals surface area contributed by atoms with Gasteiger partial charge in [-0.1, -0.05) is 26.0 Å². The van der Waals surface area contributed by atoms with Crippen molar-refractivity contribution < 1.29 is 28.5 Å². The highest BCUT2D eigenvalue weighted by Gasteiger charge is 2.35. The van der Waals surface area contributed by atoms with Crippen molar-refractivity contribution in [1.29, 1.82) is 0 Å². The number of amides is 1. The van der Waals surface area contributed by atoms with Crippen molar-refractivity contribution in [2.45, 2.75) is 53.9 Å². The van der Waals surface area contributed by atoms with Crippen LogP contribution < -0.4 is 19.5 Å². The second-order valence-corrected chi connectivity index (χ2v) is 8.59. The molecule has 0 aliphatic carbocycles. The van der Waals surface area contributed by atoms with Gasteiger partial charge in [-0.3, -0.25) is 4.79 Å². The van der Waals surface area contributed by atoms with Crippen LogP contribution in [0.3, 0.4) is 0 Å². The summed E-state index contributed by atoms with van der Waals surface area (Å²) >= 11 is 0. The zero-order chi connectivity index (χ0) is 24.0. The van der Waals surface area contributed by atoms with Gasteiger partial charge in [0.1, 0.15) is 0 Å². The normalized spacial score (nSPS) is 19.6. The summed E-state index contributed by atoms with van der Waals surface area (Å²) in [5.74, 6) is 1.20. The molecule has 0 aromatic heterocycles. The van der Waals surface area contributed by atoms with Crippen LogP contribution in [0.4, 0.5) is 5.69 Å². The largest absolute Gasteiger partial charge is 0.490 e. The van der Waals surface area contributed by atoms with E-state index in [1.165, 1.54) is 0 Å². The van der Waals surface area contributed by atoms with Crippen LogP contribution in [-0.2, 0) is 9.47 Å². The Kier molecular flexibility index (Phi) is 8.21. The van der Waals surface area contributed by atoms with Gasteiger partial charge >= 0.3 is 0 Å². The zero-order valence-electron chi connectivity index (χ0n) is 20.4. The number of carbonyl (C=O) groups is 1. The van der Waals surface area contributed by atoms with Gasteiger partial charge in [-0.25, -0.2) is 0 Å². The lowest BCUT2D eigenvalue weighted by atomic mass is 9.87. The summed E-state index contributed by atoms with van der Waals surface area (Å²) in [5.41, 5.74) is 1.97. The molecule has 7 nitrogen and oxygen atoms in total. The number of nitrogens with one attached hydrogen (secondary N) is 1. The molecule has 1 aliphatic heterocycles. The fourth-order valence-corrected chi connectivity index (χ4v) is 3.44. The van der Waals surface area contributed by atoms with E-state index in [0.29, 0.717) is 54.9 Å². The van der Waals surface area contributed by atoms with Crippen molar-refractivity contribution >= 4 is 11.6 Å². The number of hydrogen-bond acceptors (Lipinski definition) is 6. The van der Waals surface area contributed by atoms with Crippen LogP contribution in [0.25, 0.3) is 0 Å². The molecule has 0 unspecified atom stereocenters. The summed E-state index contributed by atoms with van der Waals surface area (Å²) in [4.78, 5) is 13.0. The summed E-state index contributed by atoms with van der Waals surface area (Å²) in [6, 6.07) is 10.8. The SMILES string of the molecule is CCOc1cc(C(=O)Nc2ccc([C@H]3OCC(C)(C)[C@H](C)O3)cc2)cc(OCC)c1OCC. The molecule has 0 spiro atoms. The minimum atomic E-state index is -0.411. The summed E-state index contributed by atoms with van der Waals surface area (Å²) < 4.78 is 29.1. The van der Waals surface area contributed by atoms with E-state index in [-0.39, 0.29) is 17.4 Å². The molecule has 1 fully saturated rings. The first-order valence-electron chi connectivity index (χ1n) is 11.5. The van der Waals surface area contributed by atoms with Crippen LogP contribution in [0.5, 0.6) is 17.2 Å². The predicted octanol–water partition coefficient (Wildman–Crippen LogP) is 5.60. The first-order chi connectivity index (χ1) is 15.8. The van der Waals surface area contributed by atoms with Gasteiger partial charge in [0.15, 0.2) is 17.8 Å². The Morgan fingerprint density at radius 1 is 1.00 bits per heavy atom. The minimum Gasteiger partial charge on any atom is -0.490 e. The average molecular weight is 458 g/mol. The van der Waals surface area contributed by atoms with E-state index in [9.17, 15) is 4.79 Å². The Bertz CT molecular complexity index is 913. The first-order valence-corrected chi connectivity index (χ1v) is 11.5. The lowest BCUT2D eigenvalue weighted by molar-refractivity contribution is -0.259. The second kappa shape index (κ2) is 10.9. The zero-order valence-corrected chi connectivity index (χ0v) is 20.4. The highest BCUT2D eigenvalue weighted by atomic mass is 16.7. The van der Waals surface area contributed by atoms with Gasteiger partial charge in [0.2, 0.25) is 5.75 Å². The van der Waals surface area contributed by atoms with Crippen LogP contribution in [0.15, 0.2) is 36.4 Å². The summed E-state index contributed by atoms with van der Waals surface area (Å²) in [6.45, 7) is 13.9. The van der Waals surface area contributed by atoms with Crippen molar-refractivity contribution in [2.75, 3.05) is 31.7 Å². The Hall–Kier alpha value is -2.77. The molecule has 180 valence electrons. The van der Waals surface area contributed by atoms with Crippen molar-refractivity contribution in [3.8, 4) is 17.2 Å². The van der Waals surface area contributed by atoms with Gasteiger partial charge in [0.25, 0.3) is 5.91 Å². The standard InChI is InChI=1S/C26H35NO6/c1-7-29-21-14-19(15-22(30-8-2)23(21)31-9-3)24(28)27-20-12-10-18(11-13-20)25-32-16-26(5,6)17(4)33-25/h10-15,17,25H,7-9,16H2,1-6H3,(H,27,28)/t17-,25-/m0/s1. The summed E-state index contributed by atoms with van der Waals surface area (Å²) in [5, 5.41) is 2.93. The molecule has 33 heavy (non-hydrogen) atoms. The van der Waals surface area contributed by atoms with E-state index in [4.69, 9.17) is 23.7 Å². The van der Waals surface area contributed by atoms with Crippen LogP contribution in [0.2, 0.25) is 0 Å². The van der Waals surface area contributed by atoms with Gasteiger partial charge in [-0.05, 0) is 52.0 Å². The van der Waals surface area contributed by atoms with Crippen molar-refractivity contribution in [1.82, 2.24) is 0 Å². The smallest absolute Gasteiger partial charge is 0.255 e. The van der Waals surface area contributed by atoms with Crippen LogP contribution in [-0.4, -0.2) is 38.4 Å². The van der Waals surface area contributed by atoms with E-state index in [2.05, 4.69) is 26.1 Å². The fourth-order valence-electron chi connectivity index (χ4n) is 3.44.